The van der Waals surface area contributed by atoms with Crippen LogP contribution in [-0.4, -0.2) is 13.1 Å². The van der Waals surface area contributed by atoms with Crippen LogP contribution in [0, 0.1) is 5.82 Å². The number of rotatable bonds is 5. The van der Waals surface area contributed by atoms with Crippen LogP contribution in [0.4, 0.5) is 4.39 Å². The number of hydrogen-bond donors (Lipinski definition) is 0. The summed E-state index contributed by atoms with van der Waals surface area (Å²) in [7, 11) is 1.50. The molecule has 0 atom stereocenters. The Morgan fingerprint density at radius 3 is 2.43 bits per heavy atom. The van der Waals surface area contributed by atoms with Gasteiger partial charge in [-0.25, -0.2) is 9.18 Å². The lowest BCUT2D eigenvalue weighted by atomic mass is 10.2. The van der Waals surface area contributed by atoms with Gasteiger partial charge in [-0.05, 0) is 36.4 Å². The molecule has 4 aromatic rings. The first-order valence-electron chi connectivity index (χ1n) is 8.90. The van der Waals surface area contributed by atoms with Gasteiger partial charge in [-0.15, -0.1) is 0 Å². The Morgan fingerprint density at radius 1 is 0.933 bits per heavy atom. The van der Waals surface area contributed by atoms with Crippen molar-refractivity contribution in [3.05, 3.63) is 94.6 Å². The van der Waals surface area contributed by atoms with Crippen molar-refractivity contribution in [3.8, 4) is 23.0 Å². The van der Waals surface area contributed by atoms with Crippen LogP contribution in [0.1, 0.15) is 10.4 Å². The van der Waals surface area contributed by atoms with Gasteiger partial charge in [0.25, 0.3) is 0 Å². The van der Waals surface area contributed by atoms with E-state index in [1.807, 2.05) is 0 Å². The molecule has 0 aliphatic heterocycles. The molecule has 7 heteroatoms. The maximum atomic E-state index is 13.7. The number of carbonyl (C=O) groups is 1. The van der Waals surface area contributed by atoms with E-state index in [0.29, 0.717) is 11.5 Å². The highest BCUT2D eigenvalue weighted by atomic mass is 19.1. The van der Waals surface area contributed by atoms with Gasteiger partial charge in [0.15, 0.2) is 11.5 Å². The fourth-order valence-corrected chi connectivity index (χ4v) is 2.84. The number of halogens is 1. The average molecular weight is 406 g/mol. The maximum absolute atomic E-state index is 13.7. The highest BCUT2D eigenvalue weighted by Crippen LogP contribution is 2.30. The van der Waals surface area contributed by atoms with Crippen molar-refractivity contribution in [2.75, 3.05) is 7.11 Å². The summed E-state index contributed by atoms with van der Waals surface area (Å²) in [4.78, 5) is 24.9. The van der Waals surface area contributed by atoms with Crippen molar-refractivity contribution in [1.82, 2.24) is 0 Å². The quantitative estimate of drug-likeness (QED) is 0.345. The largest absolute Gasteiger partial charge is 0.493 e. The first kappa shape index (κ1) is 19.2. The van der Waals surface area contributed by atoms with Gasteiger partial charge in [0.1, 0.15) is 23.4 Å². The van der Waals surface area contributed by atoms with E-state index in [2.05, 4.69) is 0 Å². The summed E-state index contributed by atoms with van der Waals surface area (Å²) in [6, 6.07) is 16.6. The maximum Gasteiger partial charge on any atom is 0.346 e. The van der Waals surface area contributed by atoms with Gasteiger partial charge in [-0.2, -0.15) is 0 Å². The molecule has 0 fully saturated rings. The molecule has 0 saturated heterocycles. The molecule has 0 aliphatic rings. The molecule has 0 N–H and O–H groups in total. The van der Waals surface area contributed by atoms with Crippen molar-refractivity contribution >= 4 is 16.9 Å². The topological polar surface area (TPSA) is 75.0 Å². The first-order valence-corrected chi connectivity index (χ1v) is 8.90. The highest BCUT2D eigenvalue weighted by Gasteiger charge is 2.16. The normalized spacial score (nSPS) is 10.6. The van der Waals surface area contributed by atoms with Crippen LogP contribution in [0.25, 0.3) is 11.0 Å². The zero-order chi connectivity index (χ0) is 21.1. The second-order valence-electron chi connectivity index (χ2n) is 6.21. The van der Waals surface area contributed by atoms with Gasteiger partial charge in [0, 0.05) is 6.07 Å². The van der Waals surface area contributed by atoms with Crippen molar-refractivity contribution in [3.63, 3.8) is 0 Å². The zero-order valence-electron chi connectivity index (χ0n) is 15.8. The first-order chi connectivity index (χ1) is 14.6. The van der Waals surface area contributed by atoms with Crippen LogP contribution in [0.5, 0.6) is 23.0 Å². The predicted molar refractivity (Wildman–Crippen MR) is 107 cm³/mol. The molecule has 150 valence electrons. The SMILES string of the molecule is COc1ccccc1Oc1coc2cc(OC(=O)c3ccccc3F)ccc2c1=O. The lowest BCUT2D eigenvalue weighted by Crippen LogP contribution is -2.11. The van der Waals surface area contributed by atoms with Gasteiger partial charge < -0.3 is 18.6 Å². The van der Waals surface area contributed by atoms with Gasteiger partial charge >= 0.3 is 5.97 Å². The van der Waals surface area contributed by atoms with E-state index in [-0.39, 0.29) is 28.0 Å². The van der Waals surface area contributed by atoms with Crippen molar-refractivity contribution < 1.29 is 27.8 Å². The van der Waals surface area contributed by atoms with Crippen LogP contribution in [-0.2, 0) is 0 Å². The minimum atomic E-state index is -0.856. The molecule has 0 aliphatic carbocycles. The second kappa shape index (κ2) is 8.08. The van der Waals surface area contributed by atoms with Crippen LogP contribution < -0.4 is 19.6 Å². The van der Waals surface area contributed by atoms with E-state index in [0.717, 1.165) is 0 Å². The molecule has 4 rings (SSSR count). The molecule has 0 bridgehead atoms. The average Bonchev–Trinajstić information content (AvgIpc) is 2.76. The third kappa shape index (κ3) is 3.73. The van der Waals surface area contributed by atoms with Crippen LogP contribution in [0.2, 0.25) is 0 Å². The van der Waals surface area contributed by atoms with Crippen molar-refractivity contribution in [1.29, 1.82) is 0 Å². The Labute approximate surface area is 170 Å². The van der Waals surface area contributed by atoms with E-state index in [1.165, 1.54) is 55.8 Å². The fourth-order valence-electron chi connectivity index (χ4n) is 2.84. The highest BCUT2D eigenvalue weighted by molar-refractivity contribution is 5.92. The Balaban J connectivity index is 1.62. The van der Waals surface area contributed by atoms with E-state index >= 15 is 0 Å². The molecular weight excluding hydrogens is 391 g/mol. The number of esters is 1. The molecule has 6 nitrogen and oxygen atoms in total. The van der Waals surface area contributed by atoms with E-state index in [1.54, 1.807) is 24.3 Å². The minimum Gasteiger partial charge on any atom is -0.493 e. The van der Waals surface area contributed by atoms with Crippen molar-refractivity contribution in [2.24, 2.45) is 0 Å². The number of carbonyl (C=O) groups excluding carboxylic acids is 1. The predicted octanol–water partition coefficient (Wildman–Crippen LogP) is 4.95. The van der Waals surface area contributed by atoms with E-state index in [4.69, 9.17) is 18.6 Å². The molecule has 0 saturated carbocycles. The smallest absolute Gasteiger partial charge is 0.346 e. The minimum absolute atomic E-state index is 0.0249. The number of para-hydroxylation sites is 2. The third-order valence-corrected chi connectivity index (χ3v) is 4.31. The van der Waals surface area contributed by atoms with Crippen LogP contribution in [0.15, 0.2) is 82.2 Å². The third-order valence-electron chi connectivity index (χ3n) is 4.31. The van der Waals surface area contributed by atoms with Gasteiger partial charge in [-0.1, -0.05) is 24.3 Å². The molecule has 1 aromatic heterocycles. The Hall–Kier alpha value is -4.13. The monoisotopic (exact) mass is 406 g/mol. The van der Waals surface area contributed by atoms with Gasteiger partial charge in [-0.3, -0.25) is 4.79 Å². The van der Waals surface area contributed by atoms with Gasteiger partial charge in [0.2, 0.25) is 11.2 Å². The van der Waals surface area contributed by atoms with E-state index < -0.39 is 17.2 Å². The summed E-state index contributed by atoms with van der Waals surface area (Å²) in [5.74, 6) is -0.631. The summed E-state index contributed by atoms with van der Waals surface area (Å²) in [5.41, 5.74) is -0.417. The number of methoxy groups -OCH3 is 1. The Kier molecular flexibility index (Phi) is 5.17. The standard InChI is InChI=1S/C23H15FO6/c1-27-18-8-4-5-9-19(18)30-21-13-28-20-12-14(10-11-16(20)22(21)25)29-23(26)15-6-2-3-7-17(15)24/h2-13H,1H3. The molecule has 30 heavy (non-hydrogen) atoms. The molecule has 0 amide bonds. The molecule has 0 unspecified atom stereocenters. The summed E-state index contributed by atoms with van der Waals surface area (Å²) in [6.07, 6.45) is 1.17. The Morgan fingerprint density at radius 2 is 1.67 bits per heavy atom. The molecule has 0 spiro atoms. The summed E-state index contributed by atoms with van der Waals surface area (Å²) >= 11 is 0. The number of ether oxygens (including phenoxy) is 3. The van der Waals surface area contributed by atoms with Crippen LogP contribution in [0.3, 0.4) is 0 Å². The second-order valence-corrected chi connectivity index (χ2v) is 6.21. The number of fused-ring (bicyclic) bond motifs is 1. The molecule has 0 radical (unpaired) electrons. The number of benzene rings is 3. The zero-order valence-corrected chi connectivity index (χ0v) is 15.8. The fraction of sp³-hybridized carbons (Fsp3) is 0.0435. The van der Waals surface area contributed by atoms with Gasteiger partial charge in [0.05, 0.1) is 18.1 Å². The lowest BCUT2D eigenvalue weighted by Gasteiger charge is -2.10. The summed E-state index contributed by atoms with van der Waals surface area (Å²) < 4.78 is 35.3. The van der Waals surface area contributed by atoms with Crippen molar-refractivity contribution in [2.45, 2.75) is 0 Å². The molecular formula is C23H15FO6. The number of hydrogen-bond acceptors (Lipinski definition) is 6. The Bertz CT molecular complexity index is 1290. The molecule has 3 aromatic carbocycles. The lowest BCUT2D eigenvalue weighted by molar-refractivity contribution is 0.0730. The molecule has 1 heterocycles. The summed E-state index contributed by atoms with van der Waals surface area (Å²) in [6.45, 7) is 0. The van der Waals surface area contributed by atoms with E-state index in [9.17, 15) is 14.0 Å². The summed E-state index contributed by atoms with van der Waals surface area (Å²) in [5, 5.41) is 0.230. The van der Waals surface area contributed by atoms with Crippen LogP contribution >= 0.6 is 0 Å².